The van der Waals surface area contributed by atoms with E-state index in [2.05, 4.69) is 25.9 Å². The van der Waals surface area contributed by atoms with Gasteiger partial charge in [-0.2, -0.15) is 5.10 Å². The molecule has 1 saturated carbocycles. The maximum absolute atomic E-state index is 12.2. The first kappa shape index (κ1) is 18.2. The van der Waals surface area contributed by atoms with Crippen LogP contribution < -0.4 is 5.32 Å². The van der Waals surface area contributed by atoms with Gasteiger partial charge >= 0.3 is 0 Å². The van der Waals surface area contributed by atoms with Crippen molar-refractivity contribution in [2.75, 3.05) is 6.54 Å². The van der Waals surface area contributed by atoms with Gasteiger partial charge in [-0.1, -0.05) is 25.3 Å². The Hall–Kier alpha value is -2.21. The molecule has 1 aliphatic carbocycles. The Morgan fingerprint density at radius 3 is 2.89 bits per heavy atom. The summed E-state index contributed by atoms with van der Waals surface area (Å²) in [5, 5.41) is 7.72. The molecule has 0 radical (unpaired) electrons. The zero-order valence-electron chi connectivity index (χ0n) is 15.9. The molecule has 1 amide bonds. The third-order valence-electron chi connectivity index (χ3n) is 5.74. The fourth-order valence-corrected chi connectivity index (χ4v) is 4.33. The molecule has 1 N–H and O–H groups in total. The van der Waals surface area contributed by atoms with Crippen LogP contribution in [0.25, 0.3) is 0 Å². The molecular formula is C21H29N5O. The lowest BCUT2D eigenvalue weighted by atomic mass is 9.94. The minimum absolute atomic E-state index is 0.00928. The second-order valence-electron chi connectivity index (χ2n) is 7.78. The van der Waals surface area contributed by atoms with Gasteiger partial charge in [-0.05, 0) is 37.0 Å². The molecule has 0 bridgehead atoms. The van der Waals surface area contributed by atoms with Gasteiger partial charge in [0.1, 0.15) is 0 Å². The molecule has 1 fully saturated rings. The van der Waals surface area contributed by atoms with Gasteiger partial charge in [0, 0.05) is 38.1 Å². The van der Waals surface area contributed by atoms with Crippen LogP contribution in [-0.4, -0.2) is 38.2 Å². The predicted octanol–water partition coefficient (Wildman–Crippen LogP) is 2.68. The van der Waals surface area contributed by atoms with E-state index in [0.717, 1.165) is 36.8 Å². The highest BCUT2D eigenvalue weighted by atomic mass is 16.1. The molecule has 3 heterocycles. The number of nitrogens with zero attached hydrogens (tertiary/aromatic N) is 4. The number of fused-ring (bicyclic) bond motifs is 1. The normalized spacial score (nSPS) is 18.7. The summed E-state index contributed by atoms with van der Waals surface area (Å²) in [6.45, 7) is 3.62. The number of amides is 1. The van der Waals surface area contributed by atoms with Crippen molar-refractivity contribution < 1.29 is 4.79 Å². The quantitative estimate of drug-likeness (QED) is 0.883. The minimum Gasteiger partial charge on any atom is -0.350 e. The van der Waals surface area contributed by atoms with E-state index in [1.54, 1.807) is 12.4 Å². The summed E-state index contributed by atoms with van der Waals surface area (Å²) in [5.41, 5.74) is 3.17. The molecule has 0 atom stereocenters. The van der Waals surface area contributed by atoms with E-state index in [9.17, 15) is 4.79 Å². The van der Waals surface area contributed by atoms with Crippen molar-refractivity contribution in [2.24, 2.45) is 0 Å². The Balaban J connectivity index is 1.34. The van der Waals surface area contributed by atoms with Gasteiger partial charge in [0.2, 0.25) is 5.91 Å². The maximum Gasteiger partial charge on any atom is 0.224 e. The van der Waals surface area contributed by atoms with Crippen molar-refractivity contribution in [3.8, 4) is 0 Å². The van der Waals surface area contributed by atoms with Crippen molar-refractivity contribution in [1.82, 2.24) is 25.0 Å². The van der Waals surface area contributed by atoms with Crippen molar-refractivity contribution >= 4 is 5.91 Å². The summed E-state index contributed by atoms with van der Waals surface area (Å²) in [6.07, 6.45) is 11.8. The second kappa shape index (κ2) is 8.65. The largest absolute Gasteiger partial charge is 0.350 e. The fourth-order valence-electron chi connectivity index (χ4n) is 4.33. The molecule has 0 unspecified atom stereocenters. The highest BCUT2D eigenvalue weighted by Crippen LogP contribution is 2.25. The second-order valence-corrected chi connectivity index (χ2v) is 7.78. The fraction of sp³-hybridized carbons (Fsp3) is 0.571. The first-order valence-electron chi connectivity index (χ1n) is 10.2. The number of rotatable bonds is 5. The number of nitrogens with one attached hydrogen (secondary N) is 1. The zero-order chi connectivity index (χ0) is 18.5. The van der Waals surface area contributed by atoms with Crippen LogP contribution in [-0.2, 0) is 30.8 Å². The van der Waals surface area contributed by atoms with Gasteiger partial charge in [-0.3, -0.25) is 19.4 Å². The Morgan fingerprint density at radius 2 is 2.07 bits per heavy atom. The Kier molecular flexibility index (Phi) is 5.82. The summed E-state index contributed by atoms with van der Waals surface area (Å²) in [5.74, 6) is 0.00928. The number of carbonyl (C=O) groups is 1. The standard InChI is InChI=1S/C21H29N5O/c27-21(12-17-6-4-9-22-14-17)23-15-18-13-20-16-25(10-5-11-26(20)24-18)19-7-2-1-3-8-19/h4,6,9,13-14,19H,1-3,5,7-8,10-12,15-16H2,(H,23,27). The van der Waals surface area contributed by atoms with Crippen molar-refractivity contribution in [3.05, 3.63) is 47.5 Å². The molecule has 2 aromatic rings. The molecule has 0 saturated heterocycles. The third kappa shape index (κ3) is 4.75. The zero-order valence-corrected chi connectivity index (χ0v) is 15.9. The summed E-state index contributed by atoms with van der Waals surface area (Å²) in [6, 6.07) is 6.69. The van der Waals surface area contributed by atoms with Crippen molar-refractivity contribution in [1.29, 1.82) is 0 Å². The number of pyridine rings is 1. The van der Waals surface area contributed by atoms with Crippen LogP contribution in [0.5, 0.6) is 0 Å². The van der Waals surface area contributed by atoms with E-state index in [1.165, 1.54) is 44.3 Å². The molecule has 0 spiro atoms. The van der Waals surface area contributed by atoms with Crippen LogP contribution >= 0.6 is 0 Å². The summed E-state index contributed by atoms with van der Waals surface area (Å²) < 4.78 is 2.14. The van der Waals surface area contributed by atoms with Crippen LogP contribution in [0.15, 0.2) is 30.6 Å². The summed E-state index contributed by atoms with van der Waals surface area (Å²) in [7, 11) is 0. The van der Waals surface area contributed by atoms with E-state index < -0.39 is 0 Å². The van der Waals surface area contributed by atoms with Crippen LogP contribution in [0.3, 0.4) is 0 Å². The molecule has 27 heavy (non-hydrogen) atoms. The summed E-state index contributed by atoms with van der Waals surface area (Å²) in [4.78, 5) is 18.9. The molecule has 2 aromatic heterocycles. The monoisotopic (exact) mass is 367 g/mol. The first-order chi connectivity index (χ1) is 13.3. The smallest absolute Gasteiger partial charge is 0.224 e. The highest BCUT2D eigenvalue weighted by Gasteiger charge is 2.24. The first-order valence-corrected chi connectivity index (χ1v) is 10.2. The van der Waals surface area contributed by atoms with Crippen molar-refractivity contribution in [2.45, 2.75) is 70.6 Å². The lowest BCUT2D eigenvalue weighted by Gasteiger charge is -2.33. The predicted molar refractivity (Wildman–Crippen MR) is 104 cm³/mol. The lowest BCUT2D eigenvalue weighted by molar-refractivity contribution is -0.120. The van der Waals surface area contributed by atoms with Crippen LogP contribution in [0.1, 0.15) is 55.5 Å². The number of aromatic nitrogens is 3. The summed E-state index contributed by atoms with van der Waals surface area (Å²) >= 11 is 0. The minimum atomic E-state index is 0.00928. The van der Waals surface area contributed by atoms with Crippen LogP contribution in [0.4, 0.5) is 0 Å². The van der Waals surface area contributed by atoms with E-state index >= 15 is 0 Å². The molecule has 6 heteroatoms. The van der Waals surface area contributed by atoms with E-state index in [0.29, 0.717) is 13.0 Å². The average Bonchev–Trinajstić information content (AvgIpc) is 2.98. The Labute approximate surface area is 161 Å². The number of carbonyl (C=O) groups excluding carboxylic acids is 1. The SMILES string of the molecule is O=C(Cc1cccnc1)NCc1cc2n(n1)CCCN(C1CCCCC1)C2. The number of hydrogen-bond acceptors (Lipinski definition) is 4. The molecule has 4 rings (SSSR count). The Morgan fingerprint density at radius 1 is 1.19 bits per heavy atom. The molecule has 0 aromatic carbocycles. The topological polar surface area (TPSA) is 63.1 Å². The molecule has 6 nitrogen and oxygen atoms in total. The van der Waals surface area contributed by atoms with Gasteiger partial charge in [-0.15, -0.1) is 0 Å². The van der Waals surface area contributed by atoms with Gasteiger partial charge in [0.25, 0.3) is 0 Å². The lowest BCUT2D eigenvalue weighted by Crippen LogP contribution is -2.36. The van der Waals surface area contributed by atoms with Gasteiger partial charge in [0.15, 0.2) is 0 Å². The molecule has 1 aliphatic heterocycles. The number of hydrogen-bond donors (Lipinski definition) is 1. The Bertz CT molecular complexity index is 751. The van der Waals surface area contributed by atoms with Crippen molar-refractivity contribution in [3.63, 3.8) is 0 Å². The van der Waals surface area contributed by atoms with Crippen LogP contribution in [0.2, 0.25) is 0 Å². The van der Waals surface area contributed by atoms with Gasteiger partial charge in [0.05, 0.1) is 24.4 Å². The third-order valence-corrected chi connectivity index (χ3v) is 5.74. The number of aryl methyl sites for hydroxylation is 1. The van der Waals surface area contributed by atoms with Crippen LogP contribution in [0, 0.1) is 0 Å². The highest BCUT2D eigenvalue weighted by molar-refractivity contribution is 5.78. The average molecular weight is 367 g/mol. The molecule has 2 aliphatic rings. The van der Waals surface area contributed by atoms with Gasteiger partial charge < -0.3 is 5.32 Å². The molecule has 144 valence electrons. The van der Waals surface area contributed by atoms with E-state index in [4.69, 9.17) is 5.10 Å². The maximum atomic E-state index is 12.2. The van der Waals surface area contributed by atoms with E-state index in [-0.39, 0.29) is 5.91 Å². The van der Waals surface area contributed by atoms with E-state index in [1.807, 2.05) is 12.1 Å². The van der Waals surface area contributed by atoms with Gasteiger partial charge in [-0.25, -0.2) is 0 Å². The molecular weight excluding hydrogens is 338 g/mol.